The predicted octanol–water partition coefficient (Wildman–Crippen LogP) is 3.09. The number of hydrogen-bond acceptors (Lipinski definition) is 7. The van der Waals surface area contributed by atoms with Gasteiger partial charge in [-0.25, -0.2) is 0 Å². The molecule has 2 aromatic rings. The number of rotatable bonds is 11. The number of nitrogens with one attached hydrogen (secondary N) is 2. The first-order valence-corrected chi connectivity index (χ1v) is 9.65. The third kappa shape index (κ3) is 6.77. The molecule has 0 fully saturated rings. The van der Waals surface area contributed by atoms with Crippen LogP contribution in [0.15, 0.2) is 34.8 Å². The lowest BCUT2D eigenvalue weighted by Crippen LogP contribution is -2.22. The molecule has 0 aromatic heterocycles. The maximum absolute atomic E-state index is 10.9. The summed E-state index contributed by atoms with van der Waals surface area (Å²) in [6.45, 7) is 1.49. The van der Waals surface area contributed by atoms with E-state index in [0.29, 0.717) is 46.3 Å². The van der Waals surface area contributed by atoms with Gasteiger partial charge in [-0.15, -0.1) is 0 Å². The average Bonchev–Trinajstić information content (AvgIpc) is 2.67. The smallest absolute Gasteiger partial charge is 0.271 e. The zero-order valence-corrected chi connectivity index (χ0v) is 17.9. The summed E-state index contributed by atoms with van der Waals surface area (Å²) < 4.78 is 11.3. The van der Waals surface area contributed by atoms with Gasteiger partial charge in [0, 0.05) is 31.8 Å². The second-order valence-electron chi connectivity index (χ2n) is 5.89. The first-order valence-electron chi connectivity index (χ1n) is 8.48. The molecule has 1 amide bonds. The molecular formula is C18H20BrClN4O5. The van der Waals surface area contributed by atoms with Crippen LogP contribution in [0.5, 0.6) is 11.5 Å². The first-order chi connectivity index (χ1) is 13.8. The molecule has 4 N–H and O–H groups in total. The number of nitrogens with zero attached hydrogens (tertiary/aromatic N) is 1. The van der Waals surface area contributed by atoms with Gasteiger partial charge in [0.25, 0.3) is 11.6 Å². The van der Waals surface area contributed by atoms with E-state index in [1.807, 2.05) is 6.07 Å². The monoisotopic (exact) mass is 486 g/mol. The zero-order chi connectivity index (χ0) is 21.4. The lowest BCUT2D eigenvalue weighted by molar-refractivity contribution is -0.384. The van der Waals surface area contributed by atoms with E-state index in [0.717, 1.165) is 5.56 Å². The normalized spacial score (nSPS) is 10.4. The molecule has 0 aliphatic heterocycles. The number of ether oxygens (including phenoxy) is 2. The number of nitrogens with two attached hydrogens (primary N) is 1. The number of non-ortho nitro benzene ring substituents is 1. The summed E-state index contributed by atoms with van der Waals surface area (Å²) in [4.78, 5) is 21.1. The van der Waals surface area contributed by atoms with Gasteiger partial charge in [-0.1, -0.05) is 11.6 Å². The number of carbonyl (C=O) groups is 1. The topological polar surface area (TPSA) is 129 Å². The van der Waals surface area contributed by atoms with Crippen LogP contribution in [0.1, 0.15) is 5.56 Å². The molecule has 0 radical (unpaired) electrons. The third-order valence-corrected chi connectivity index (χ3v) is 4.66. The molecule has 156 valence electrons. The third-order valence-electron chi connectivity index (χ3n) is 3.76. The maximum atomic E-state index is 10.9. The molecule has 0 saturated carbocycles. The van der Waals surface area contributed by atoms with Gasteiger partial charge in [0.15, 0.2) is 18.1 Å². The summed E-state index contributed by atoms with van der Waals surface area (Å²) >= 11 is 9.45. The standard InChI is InChI=1S/C18H20BrClN4O5/c1-28-16-7-11(6-13(19)18(16)29-10-17(21)25)9-22-4-5-23-15-3-2-12(24(26)27)8-14(15)20/h2-3,6-8,22-23H,4-5,9-10H2,1H3,(H2,21,25). The van der Waals surface area contributed by atoms with Crippen molar-refractivity contribution in [2.24, 2.45) is 5.73 Å². The van der Waals surface area contributed by atoms with Gasteiger partial charge in [0.1, 0.15) is 0 Å². The maximum Gasteiger partial charge on any atom is 0.271 e. The molecule has 0 bridgehead atoms. The van der Waals surface area contributed by atoms with Gasteiger partial charge in [0.05, 0.1) is 27.2 Å². The highest BCUT2D eigenvalue weighted by molar-refractivity contribution is 9.10. The van der Waals surface area contributed by atoms with Crippen LogP contribution >= 0.6 is 27.5 Å². The van der Waals surface area contributed by atoms with E-state index in [4.69, 9.17) is 26.8 Å². The Morgan fingerprint density at radius 3 is 2.69 bits per heavy atom. The van der Waals surface area contributed by atoms with Crippen LogP contribution in [0.2, 0.25) is 5.02 Å². The van der Waals surface area contributed by atoms with Gasteiger partial charge >= 0.3 is 0 Å². The molecule has 0 saturated heterocycles. The number of amides is 1. The van der Waals surface area contributed by atoms with E-state index < -0.39 is 10.8 Å². The molecule has 11 heteroatoms. The Morgan fingerprint density at radius 2 is 2.07 bits per heavy atom. The first kappa shape index (κ1) is 22.7. The number of primary amides is 1. The van der Waals surface area contributed by atoms with Gasteiger partial charge in [-0.3, -0.25) is 14.9 Å². The Labute approximate surface area is 180 Å². The van der Waals surface area contributed by atoms with E-state index >= 15 is 0 Å². The van der Waals surface area contributed by atoms with Crippen molar-refractivity contribution in [2.75, 3.05) is 32.1 Å². The van der Waals surface area contributed by atoms with Gasteiger partial charge in [0.2, 0.25) is 0 Å². The van der Waals surface area contributed by atoms with Crippen LogP contribution < -0.4 is 25.8 Å². The Kier molecular flexibility index (Phi) is 8.50. The van der Waals surface area contributed by atoms with Crippen molar-refractivity contribution in [1.82, 2.24) is 5.32 Å². The van der Waals surface area contributed by atoms with Crippen molar-refractivity contribution < 1.29 is 19.2 Å². The highest BCUT2D eigenvalue weighted by Crippen LogP contribution is 2.36. The molecule has 0 atom stereocenters. The molecular weight excluding hydrogens is 468 g/mol. The molecule has 2 aromatic carbocycles. The lowest BCUT2D eigenvalue weighted by atomic mass is 10.2. The molecule has 2 rings (SSSR count). The number of carbonyl (C=O) groups excluding carboxylic acids is 1. The van der Waals surface area contributed by atoms with Crippen LogP contribution in [-0.2, 0) is 11.3 Å². The summed E-state index contributed by atoms with van der Waals surface area (Å²) in [5, 5.41) is 17.4. The minimum Gasteiger partial charge on any atom is -0.493 e. The van der Waals surface area contributed by atoms with Gasteiger partial charge in [-0.05, 0) is 39.7 Å². The lowest BCUT2D eigenvalue weighted by Gasteiger charge is -2.14. The van der Waals surface area contributed by atoms with E-state index in [2.05, 4.69) is 26.6 Å². The number of hydrogen-bond donors (Lipinski definition) is 3. The average molecular weight is 488 g/mol. The number of anilines is 1. The number of nitro benzene ring substituents is 1. The fraction of sp³-hybridized carbons (Fsp3) is 0.278. The quantitative estimate of drug-likeness (QED) is 0.252. The largest absolute Gasteiger partial charge is 0.493 e. The Balaban J connectivity index is 1.86. The van der Waals surface area contributed by atoms with Crippen LogP contribution in [0.25, 0.3) is 0 Å². The van der Waals surface area contributed by atoms with Crippen LogP contribution in [0.3, 0.4) is 0 Å². The van der Waals surface area contributed by atoms with E-state index in [9.17, 15) is 14.9 Å². The van der Waals surface area contributed by atoms with E-state index in [-0.39, 0.29) is 12.3 Å². The minimum atomic E-state index is -0.578. The predicted molar refractivity (Wildman–Crippen MR) is 114 cm³/mol. The number of nitro groups is 1. The highest BCUT2D eigenvalue weighted by atomic mass is 79.9. The molecule has 0 unspecified atom stereocenters. The van der Waals surface area contributed by atoms with Crippen molar-refractivity contribution in [3.8, 4) is 11.5 Å². The number of methoxy groups -OCH3 is 1. The SMILES string of the molecule is COc1cc(CNCCNc2ccc([N+](=O)[O-])cc2Cl)cc(Br)c1OCC(N)=O. The number of benzene rings is 2. The van der Waals surface area contributed by atoms with Crippen LogP contribution in [0, 0.1) is 10.1 Å². The summed E-state index contributed by atoms with van der Waals surface area (Å²) in [5.74, 6) is 0.308. The zero-order valence-electron chi connectivity index (χ0n) is 15.5. The molecule has 0 spiro atoms. The summed E-state index contributed by atoms with van der Waals surface area (Å²) in [6, 6.07) is 7.94. The van der Waals surface area contributed by atoms with Crippen molar-refractivity contribution in [3.63, 3.8) is 0 Å². The van der Waals surface area contributed by atoms with Crippen molar-refractivity contribution in [3.05, 3.63) is 55.5 Å². The van der Waals surface area contributed by atoms with Crippen molar-refractivity contribution in [1.29, 1.82) is 0 Å². The van der Waals surface area contributed by atoms with Gasteiger partial charge in [-0.2, -0.15) is 0 Å². The molecule has 0 aliphatic carbocycles. The van der Waals surface area contributed by atoms with Crippen molar-refractivity contribution >= 4 is 44.8 Å². The van der Waals surface area contributed by atoms with Crippen LogP contribution in [0.4, 0.5) is 11.4 Å². The second kappa shape index (κ2) is 10.8. The highest BCUT2D eigenvalue weighted by Gasteiger charge is 2.13. The Bertz CT molecular complexity index is 897. The fourth-order valence-electron chi connectivity index (χ4n) is 2.44. The van der Waals surface area contributed by atoms with Gasteiger partial charge < -0.3 is 25.8 Å². The fourth-order valence-corrected chi connectivity index (χ4v) is 3.28. The number of halogens is 2. The summed E-state index contributed by atoms with van der Waals surface area (Å²) in [7, 11) is 1.51. The molecule has 29 heavy (non-hydrogen) atoms. The minimum absolute atomic E-state index is 0.0542. The Hall–Kier alpha value is -2.56. The summed E-state index contributed by atoms with van der Waals surface area (Å²) in [5.41, 5.74) is 6.61. The second-order valence-corrected chi connectivity index (χ2v) is 7.15. The molecule has 0 aliphatic rings. The molecule has 0 heterocycles. The van der Waals surface area contributed by atoms with Crippen molar-refractivity contribution in [2.45, 2.75) is 6.54 Å². The van der Waals surface area contributed by atoms with E-state index in [1.165, 1.54) is 19.2 Å². The summed E-state index contributed by atoms with van der Waals surface area (Å²) in [6.07, 6.45) is 0. The molecule has 9 nitrogen and oxygen atoms in total. The van der Waals surface area contributed by atoms with Crippen LogP contribution in [-0.4, -0.2) is 37.6 Å². The Morgan fingerprint density at radius 1 is 1.31 bits per heavy atom. The van der Waals surface area contributed by atoms with E-state index in [1.54, 1.807) is 12.1 Å².